The minimum atomic E-state index is -1.28. The molecule has 0 fully saturated rings. The number of carboxylic acid groups (broad SMARTS) is 1. The van der Waals surface area contributed by atoms with Gasteiger partial charge in [0, 0.05) is 19.1 Å². The molecule has 0 bridgehead atoms. The summed E-state index contributed by atoms with van der Waals surface area (Å²) in [4.78, 5) is 36.0. The lowest BCUT2D eigenvalue weighted by Crippen LogP contribution is -2.48. The summed E-state index contributed by atoms with van der Waals surface area (Å²) >= 11 is 0. The Morgan fingerprint density at radius 1 is 1.09 bits per heavy atom. The summed E-state index contributed by atoms with van der Waals surface area (Å²) in [5, 5.41) is 17.5. The molecule has 0 saturated heterocycles. The van der Waals surface area contributed by atoms with Crippen LogP contribution in [-0.4, -0.2) is 54.1 Å². The number of aromatic nitrogens is 1. The van der Waals surface area contributed by atoms with Crippen LogP contribution in [0, 0.1) is 0 Å². The number of fused-ring (bicyclic) bond motifs is 3. The van der Waals surface area contributed by atoms with Crippen molar-refractivity contribution in [1.29, 1.82) is 0 Å². The van der Waals surface area contributed by atoms with Gasteiger partial charge < -0.3 is 24.4 Å². The first kappa shape index (κ1) is 23.0. The summed E-state index contributed by atoms with van der Waals surface area (Å²) in [6, 6.07) is 15.8. The zero-order valence-electron chi connectivity index (χ0n) is 18.5. The van der Waals surface area contributed by atoms with Gasteiger partial charge in [-0.3, -0.25) is 10.1 Å². The predicted octanol–water partition coefficient (Wildman–Crippen LogP) is 3.25. The largest absolute Gasteiger partial charge is 0.480 e. The van der Waals surface area contributed by atoms with Crippen molar-refractivity contribution in [2.45, 2.75) is 25.0 Å². The SMILES string of the molecule is CO[C@H](C)[C@H](NC(=O)c1cc(NC(=O)OCC2c3ccccc3-c3ccccc32)on1)C(=O)O. The third-order valence-corrected chi connectivity index (χ3v) is 5.71. The van der Waals surface area contributed by atoms with Crippen molar-refractivity contribution in [2.24, 2.45) is 0 Å². The Balaban J connectivity index is 1.37. The van der Waals surface area contributed by atoms with Crippen LogP contribution < -0.4 is 10.6 Å². The summed E-state index contributed by atoms with van der Waals surface area (Å²) in [6.45, 7) is 1.61. The van der Waals surface area contributed by atoms with E-state index in [0.29, 0.717) is 0 Å². The highest BCUT2D eigenvalue weighted by atomic mass is 16.6. The zero-order chi connectivity index (χ0) is 24.2. The summed E-state index contributed by atoms with van der Waals surface area (Å²) in [7, 11) is 1.33. The van der Waals surface area contributed by atoms with Gasteiger partial charge in [0.1, 0.15) is 6.61 Å². The highest BCUT2D eigenvalue weighted by Crippen LogP contribution is 2.44. The second-order valence-corrected chi connectivity index (χ2v) is 7.76. The van der Waals surface area contributed by atoms with Gasteiger partial charge >= 0.3 is 12.1 Å². The number of amides is 2. The van der Waals surface area contributed by atoms with E-state index < -0.39 is 30.1 Å². The summed E-state index contributed by atoms with van der Waals surface area (Å²) < 4.78 is 15.4. The number of ether oxygens (including phenoxy) is 2. The minimum Gasteiger partial charge on any atom is -0.480 e. The van der Waals surface area contributed by atoms with Crippen molar-refractivity contribution in [1.82, 2.24) is 10.5 Å². The summed E-state index contributed by atoms with van der Waals surface area (Å²) in [6.07, 6.45) is -1.55. The first-order chi connectivity index (χ1) is 16.4. The number of anilines is 1. The lowest BCUT2D eigenvalue weighted by atomic mass is 9.98. The molecule has 1 aromatic heterocycles. The molecular weight excluding hydrogens is 442 g/mol. The van der Waals surface area contributed by atoms with Crippen LogP contribution in [0.15, 0.2) is 59.1 Å². The van der Waals surface area contributed by atoms with Gasteiger partial charge in [-0.1, -0.05) is 53.7 Å². The Morgan fingerprint density at radius 3 is 2.29 bits per heavy atom. The van der Waals surface area contributed by atoms with Crippen molar-refractivity contribution in [3.05, 3.63) is 71.4 Å². The normalized spacial score (nSPS) is 13.9. The van der Waals surface area contributed by atoms with Gasteiger partial charge in [0.15, 0.2) is 11.7 Å². The van der Waals surface area contributed by atoms with Gasteiger partial charge in [-0.15, -0.1) is 0 Å². The molecule has 2 atom stereocenters. The molecule has 2 amide bonds. The van der Waals surface area contributed by atoms with Crippen LogP contribution in [0.3, 0.4) is 0 Å². The average molecular weight is 465 g/mol. The number of carbonyl (C=O) groups excluding carboxylic acids is 2. The highest BCUT2D eigenvalue weighted by molar-refractivity contribution is 5.96. The molecule has 0 unspecified atom stereocenters. The number of hydrogen-bond donors (Lipinski definition) is 3. The summed E-state index contributed by atoms with van der Waals surface area (Å²) in [5.41, 5.74) is 4.17. The molecular formula is C24H23N3O7. The number of nitrogens with one attached hydrogen (secondary N) is 2. The quantitative estimate of drug-likeness (QED) is 0.461. The lowest BCUT2D eigenvalue weighted by Gasteiger charge is -2.19. The van der Waals surface area contributed by atoms with Gasteiger partial charge in [0.05, 0.1) is 6.10 Å². The number of carboxylic acids is 1. The van der Waals surface area contributed by atoms with E-state index in [9.17, 15) is 19.5 Å². The van der Waals surface area contributed by atoms with E-state index in [1.807, 2.05) is 48.5 Å². The fourth-order valence-electron chi connectivity index (χ4n) is 3.91. The molecule has 1 heterocycles. The number of hydrogen-bond acceptors (Lipinski definition) is 7. The fourth-order valence-corrected chi connectivity index (χ4v) is 3.91. The van der Waals surface area contributed by atoms with Gasteiger partial charge in [-0.25, -0.2) is 9.59 Å². The van der Waals surface area contributed by atoms with Crippen molar-refractivity contribution >= 4 is 23.9 Å². The van der Waals surface area contributed by atoms with E-state index in [2.05, 4.69) is 15.8 Å². The first-order valence-corrected chi connectivity index (χ1v) is 10.5. The molecule has 0 spiro atoms. The Morgan fingerprint density at radius 2 is 1.71 bits per heavy atom. The Kier molecular flexibility index (Phi) is 6.60. The lowest BCUT2D eigenvalue weighted by molar-refractivity contribution is -0.142. The molecule has 0 radical (unpaired) electrons. The summed E-state index contributed by atoms with van der Waals surface area (Å²) in [5.74, 6) is -2.28. The maximum absolute atomic E-state index is 12.4. The maximum atomic E-state index is 12.4. The molecule has 3 aromatic rings. The van der Waals surface area contributed by atoms with Gasteiger partial charge in [0.2, 0.25) is 5.88 Å². The number of carbonyl (C=O) groups is 3. The van der Waals surface area contributed by atoms with Crippen LogP contribution in [0.25, 0.3) is 11.1 Å². The first-order valence-electron chi connectivity index (χ1n) is 10.5. The smallest absolute Gasteiger partial charge is 0.414 e. The molecule has 34 heavy (non-hydrogen) atoms. The molecule has 4 rings (SSSR count). The monoisotopic (exact) mass is 465 g/mol. The van der Waals surface area contributed by atoms with E-state index in [1.54, 1.807) is 0 Å². The molecule has 3 N–H and O–H groups in total. The van der Waals surface area contributed by atoms with E-state index >= 15 is 0 Å². The molecule has 0 aliphatic heterocycles. The molecule has 2 aromatic carbocycles. The molecule has 10 nitrogen and oxygen atoms in total. The number of methoxy groups -OCH3 is 1. The van der Waals surface area contributed by atoms with Crippen molar-refractivity contribution in [3.8, 4) is 11.1 Å². The third-order valence-electron chi connectivity index (χ3n) is 5.71. The second kappa shape index (κ2) is 9.75. The third kappa shape index (κ3) is 4.62. The van der Waals surface area contributed by atoms with E-state index in [1.165, 1.54) is 20.1 Å². The van der Waals surface area contributed by atoms with Crippen molar-refractivity contribution in [2.75, 3.05) is 19.0 Å². The Hall–Kier alpha value is -4.18. The zero-order valence-corrected chi connectivity index (χ0v) is 18.5. The van der Waals surface area contributed by atoms with E-state index in [4.69, 9.17) is 14.0 Å². The molecule has 1 aliphatic rings. The topological polar surface area (TPSA) is 140 Å². The molecule has 0 saturated carbocycles. The standard InChI is InChI=1S/C24H23N3O7/c1-13(32-2)21(23(29)30)26-22(28)19-11-20(34-27-19)25-24(31)33-12-18-16-9-5-3-7-14(16)15-8-4-6-10-17(15)18/h3-11,13,18,21H,12H2,1-2H3,(H,25,31)(H,26,28)(H,29,30)/t13-,21+/m1/s1. The van der Waals surface area contributed by atoms with Gasteiger partial charge in [-0.2, -0.15) is 0 Å². The average Bonchev–Trinajstić information content (AvgIpc) is 3.43. The van der Waals surface area contributed by atoms with Crippen LogP contribution in [0.2, 0.25) is 0 Å². The van der Waals surface area contributed by atoms with E-state index in [0.717, 1.165) is 22.3 Å². The van der Waals surface area contributed by atoms with Gasteiger partial charge in [0.25, 0.3) is 5.91 Å². The number of nitrogens with zero attached hydrogens (tertiary/aromatic N) is 1. The minimum absolute atomic E-state index is 0.107. The van der Waals surface area contributed by atoms with Gasteiger partial charge in [-0.05, 0) is 29.2 Å². The Labute approximate surface area is 194 Å². The van der Waals surface area contributed by atoms with Crippen LogP contribution in [0.4, 0.5) is 10.7 Å². The Bertz CT molecular complexity index is 1180. The van der Waals surface area contributed by atoms with E-state index in [-0.39, 0.29) is 24.1 Å². The van der Waals surface area contributed by atoms with Crippen LogP contribution >= 0.6 is 0 Å². The van der Waals surface area contributed by atoms with Crippen molar-refractivity contribution < 1.29 is 33.5 Å². The highest BCUT2D eigenvalue weighted by Gasteiger charge is 2.30. The fraction of sp³-hybridized carbons (Fsp3) is 0.250. The molecule has 1 aliphatic carbocycles. The predicted molar refractivity (Wildman–Crippen MR) is 121 cm³/mol. The maximum Gasteiger partial charge on any atom is 0.414 e. The second-order valence-electron chi connectivity index (χ2n) is 7.76. The number of benzene rings is 2. The van der Waals surface area contributed by atoms with Crippen LogP contribution in [0.5, 0.6) is 0 Å². The number of rotatable bonds is 8. The van der Waals surface area contributed by atoms with Crippen molar-refractivity contribution in [3.63, 3.8) is 0 Å². The van der Waals surface area contributed by atoms with Crippen LogP contribution in [-0.2, 0) is 14.3 Å². The molecule has 176 valence electrons. The molecule has 10 heteroatoms. The van der Waals surface area contributed by atoms with Crippen LogP contribution in [0.1, 0.15) is 34.5 Å². The number of aliphatic carboxylic acids is 1.